The lowest BCUT2D eigenvalue weighted by molar-refractivity contribution is 0.551. The zero-order valence-corrected chi connectivity index (χ0v) is 11.9. The quantitative estimate of drug-likeness (QED) is 0.659. The van der Waals surface area contributed by atoms with E-state index < -0.39 is 0 Å². The van der Waals surface area contributed by atoms with Crippen LogP contribution < -0.4 is 11.3 Å². The molecule has 1 unspecified atom stereocenters. The highest BCUT2D eigenvalue weighted by molar-refractivity contribution is 9.10. The van der Waals surface area contributed by atoms with Gasteiger partial charge < -0.3 is 0 Å². The van der Waals surface area contributed by atoms with Crippen LogP contribution in [0, 0.1) is 0 Å². The third kappa shape index (κ3) is 3.19. The van der Waals surface area contributed by atoms with Crippen LogP contribution in [0.5, 0.6) is 0 Å². The minimum Gasteiger partial charge on any atom is -0.273 e. The van der Waals surface area contributed by atoms with Gasteiger partial charge in [0.15, 0.2) is 0 Å². The molecular weight excluding hydrogens is 292 g/mol. The summed E-state index contributed by atoms with van der Waals surface area (Å²) in [6.45, 7) is 2.96. The number of nitrogens with two attached hydrogens (primary N) is 1. The Morgan fingerprint density at radius 3 is 2.67 bits per heavy atom. The topological polar surface area (TPSA) is 55.9 Å². The number of nitrogens with zero attached hydrogens (tertiary/aromatic N) is 2. The predicted octanol–water partition coefficient (Wildman–Crippen LogP) is 2.41. The van der Waals surface area contributed by atoms with Crippen molar-refractivity contribution in [3.05, 3.63) is 52.3 Å². The van der Waals surface area contributed by atoms with Crippen LogP contribution in [0.15, 0.2) is 41.1 Å². The first-order valence-corrected chi connectivity index (χ1v) is 6.75. The Morgan fingerprint density at radius 2 is 2.11 bits per heavy atom. The highest BCUT2D eigenvalue weighted by atomic mass is 79.9. The number of benzene rings is 1. The van der Waals surface area contributed by atoms with Crippen LogP contribution in [-0.4, -0.2) is 9.78 Å². The lowest BCUT2D eigenvalue weighted by Crippen LogP contribution is -2.29. The molecule has 1 aromatic carbocycles. The molecule has 0 radical (unpaired) electrons. The van der Waals surface area contributed by atoms with Gasteiger partial charge in [-0.3, -0.25) is 16.0 Å². The number of hydrogen-bond acceptors (Lipinski definition) is 3. The van der Waals surface area contributed by atoms with Gasteiger partial charge in [-0.25, -0.2) is 0 Å². The Labute approximate surface area is 115 Å². The second-order valence-electron chi connectivity index (χ2n) is 4.18. The highest BCUT2D eigenvalue weighted by Crippen LogP contribution is 2.19. The summed E-state index contributed by atoms with van der Waals surface area (Å²) in [4.78, 5) is 0. The largest absolute Gasteiger partial charge is 0.273 e. The molecule has 0 aliphatic carbocycles. The van der Waals surface area contributed by atoms with Gasteiger partial charge in [0.2, 0.25) is 0 Å². The van der Waals surface area contributed by atoms with E-state index in [0.717, 1.165) is 17.4 Å². The molecule has 2 rings (SSSR count). The van der Waals surface area contributed by atoms with Crippen molar-refractivity contribution >= 4 is 15.9 Å². The van der Waals surface area contributed by atoms with Crippen LogP contribution in [0.4, 0.5) is 0 Å². The molecule has 18 heavy (non-hydrogen) atoms. The second-order valence-corrected chi connectivity index (χ2v) is 5.09. The molecule has 0 fully saturated rings. The molecule has 1 heterocycles. The van der Waals surface area contributed by atoms with E-state index in [-0.39, 0.29) is 6.04 Å². The van der Waals surface area contributed by atoms with E-state index in [4.69, 9.17) is 5.84 Å². The van der Waals surface area contributed by atoms with Gasteiger partial charge in [-0.2, -0.15) is 5.10 Å². The highest BCUT2D eigenvalue weighted by Gasteiger charge is 2.11. The minimum atomic E-state index is 0.104. The third-order valence-corrected chi connectivity index (χ3v) is 3.45. The molecule has 0 aliphatic heterocycles. The van der Waals surface area contributed by atoms with Crippen LogP contribution in [0.3, 0.4) is 0 Å². The van der Waals surface area contributed by atoms with Crippen molar-refractivity contribution < 1.29 is 0 Å². The number of nitrogens with one attached hydrogen (secondary N) is 1. The fraction of sp³-hybridized carbons (Fsp3) is 0.308. The normalized spacial score (nSPS) is 12.6. The molecule has 5 heteroatoms. The Bertz CT molecular complexity index is 492. The Hall–Kier alpha value is -1.17. The molecule has 0 bridgehead atoms. The average Bonchev–Trinajstić information content (AvgIpc) is 2.85. The van der Waals surface area contributed by atoms with E-state index >= 15 is 0 Å². The van der Waals surface area contributed by atoms with Gasteiger partial charge in [-0.05, 0) is 36.6 Å². The number of rotatable bonds is 5. The molecule has 1 atom stereocenters. The summed E-state index contributed by atoms with van der Waals surface area (Å²) >= 11 is 3.43. The van der Waals surface area contributed by atoms with Gasteiger partial charge in [0.1, 0.15) is 0 Å². The van der Waals surface area contributed by atoms with Crippen molar-refractivity contribution in [3.63, 3.8) is 0 Å². The van der Waals surface area contributed by atoms with Gasteiger partial charge in [0.25, 0.3) is 0 Å². The molecule has 96 valence electrons. The third-order valence-electron chi connectivity index (χ3n) is 2.92. The molecule has 3 N–H and O–H groups in total. The molecule has 4 nitrogen and oxygen atoms in total. The van der Waals surface area contributed by atoms with Crippen molar-refractivity contribution in [1.82, 2.24) is 15.2 Å². The SMILES string of the molecule is CCn1cc(CC(NN)c2ccc(Br)cc2)cn1. The van der Waals surface area contributed by atoms with Crippen LogP contribution >= 0.6 is 15.9 Å². The first kappa shape index (κ1) is 13.3. The number of hydrogen-bond donors (Lipinski definition) is 2. The van der Waals surface area contributed by atoms with Gasteiger partial charge in [-0.15, -0.1) is 0 Å². The molecule has 0 aliphatic rings. The van der Waals surface area contributed by atoms with Crippen LogP contribution in [0.25, 0.3) is 0 Å². The second kappa shape index (κ2) is 6.13. The van der Waals surface area contributed by atoms with Crippen molar-refractivity contribution in [2.24, 2.45) is 5.84 Å². The summed E-state index contributed by atoms with van der Waals surface area (Å²) < 4.78 is 2.99. The average molecular weight is 309 g/mol. The number of halogens is 1. The van der Waals surface area contributed by atoms with Crippen molar-refractivity contribution in [1.29, 1.82) is 0 Å². The molecule has 0 amide bonds. The maximum atomic E-state index is 5.64. The lowest BCUT2D eigenvalue weighted by Gasteiger charge is -2.15. The van der Waals surface area contributed by atoms with Crippen LogP contribution in [0.2, 0.25) is 0 Å². The smallest absolute Gasteiger partial charge is 0.0522 e. The number of aromatic nitrogens is 2. The molecule has 1 aromatic heterocycles. The Balaban J connectivity index is 2.11. The van der Waals surface area contributed by atoms with E-state index in [0.29, 0.717) is 0 Å². The Morgan fingerprint density at radius 1 is 1.39 bits per heavy atom. The van der Waals surface area contributed by atoms with E-state index in [1.165, 1.54) is 11.1 Å². The summed E-state index contributed by atoms with van der Waals surface area (Å²) in [5.41, 5.74) is 5.22. The monoisotopic (exact) mass is 308 g/mol. The zero-order chi connectivity index (χ0) is 13.0. The predicted molar refractivity (Wildman–Crippen MR) is 75.8 cm³/mol. The first-order chi connectivity index (χ1) is 8.72. The van der Waals surface area contributed by atoms with Gasteiger partial charge in [0.05, 0.1) is 12.2 Å². The maximum absolute atomic E-state index is 5.64. The summed E-state index contributed by atoms with van der Waals surface area (Å²) in [5, 5.41) is 4.27. The number of hydrazine groups is 1. The van der Waals surface area contributed by atoms with Gasteiger partial charge in [-0.1, -0.05) is 28.1 Å². The summed E-state index contributed by atoms with van der Waals surface area (Å²) in [5.74, 6) is 5.64. The van der Waals surface area contributed by atoms with E-state index in [9.17, 15) is 0 Å². The summed E-state index contributed by atoms with van der Waals surface area (Å²) in [7, 11) is 0. The number of aryl methyl sites for hydroxylation is 1. The van der Waals surface area contributed by atoms with Gasteiger partial charge in [0, 0.05) is 17.2 Å². The van der Waals surface area contributed by atoms with E-state index in [1.807, 2.05) is 23.0 Å². The van der Waals surface area contributed by atoms with Crippen molar-refractivity contribution in [2.45, 2.75) is 25.9 Å². The molecule has 0 saturated heterocycles. The van der Waals surface area contributed by atoms with Crippen molar-refractivity contribution in [2.75, 3.05) is 0 Å². The van der Waals surface area contributed by atoms with Crippen LogP contribution in [-0.2, 0) is 13.0 Å². The maximum Gasteiger partial charge on any atom is 0.0522 e. The standard InChI is InChI=1S/C13H17BrN4/c1-2-18-9-10(8-16-18)7-13(17-15)11-3-5-12(14)6-4-11/h3-6,8-9,13,17H,2,7,15H2,1H3. The van der Waals surface area contributed by atoms with Crippen LogP contribution in [0.1, 0.15) is 24.1 Å². The summed E-state index contributed by atoms with van der Waals surface area (Å²) in [6, 6.07) is 8.29. The van der Waals surface area contributed by atoms with E-state index in [2.05, 4.69) is 51.7 Å². The molecule has 2 aromatic rings. The fourth-order valence-electron chi connectivity index (χ4n) is 1.89. The zero-order valence-electron chi connectivity index (χ0n) is 10.3. The lowest BCUT2D eigenvalue weighted by atomic mass is 10.0. The molecular formula is C13H17BrN4. The molecule has 0 spiro atoms. The summed E-state index contributed by atoms with van der Waals surface area (Å²) in [6.07, 6.45) is 4.79. The molecule has 0 saturated carbocycles. The minimum absolute atomic E-state index is 0.104. The van der Waals surface area contributed by atoms with E-state index in [1.54, 1.807) is 0 Å². The first-order valence-electron chi connectivity index (χ1n) is 5.96. The Kier molecular flexibility index (Phi) is 4.52. The van der Waals surface area contributed by atoms with Gasteiger partial charge >= 0.3 is 0 Å². The van der Waals surface area contributed by atoms with Crippen molar-refractivity contribution in [3.8, 4) is 0 Å². The fourth-order valence-corrected chi connectivity index (χ4v) is 2.15.